The summed E-state index contributed by atoms with van der Waals surface area (Å²) < 4.78 is 7.79. The van der Waals surface area contributed by atoms with Crippen molar-refractivity contribution in [3.8, 4) is 45.0 Å². The van der Waals surface area contributed by atoms with Gasteiger partial charge in [-0.3, -0.25) is 56.0 Å². The highest BCUT2D eigenvalue weighted by atomic mass is 16.2. The molecule has 0 aliphatic carbocycles. The number of aromatic amines is 4. The maximum atomic E-state index is 13.1. The van der Waals surface area contributed by atoms with Crippen LogP contribution in [-0.2, 0) is 19.4 Å². The Kier molecular flexibility index (Phi) is 29.5. The molecule has 29 heteroatoms. The Morgan fingerprint density at radius 2 is 0.739 bits per heavy atom. The van der Waals surface area contributed by atoms with E-state index in [0.29, 0.717) is 41.3 Å². The lowest BCUT2D eigenvalue weighted by molar-refractivity contribution is 0.0688. The molecule has 142 heavy (non-hydrogen) atoms. The van der Waals surface area contributed by atoms with Crippen LogP contribution in [-0.4, -0.2) is 149 Å². The van der Waals surface area contributed by atoms with Gasteiger partial charge in [-0.1, -0.05) is 86.6 Å². The van der Waals surface area contributed by atoms with E-state index in [9.17, 15) is 38.4 Å². The van der Waals surface area contributed by atoms with E-state index in [2.05, 4.69) is 153 Å². The van der Waals surface area contributed by atoms with E-state index in [1.165, 1.54) is 16.7 Å². The molecule has 29 nitrogen and oxygen atoms in total. The third-order valence-corrected chi connectivity index (χ3v) is 25.3. The summed E-state index contributed by atoms with van der Waals surface area (Å²) in [5.41, 5.74) is 23.6. The largest absolute Gasteiger partial charge is 0.375 e. The number of likely N-dealkylation sites (tertiary alicyclic amines) is 1. The molecule has 19 aromatic rings. The number of rotatable bonds is 27. The molecule has 712 valence electrons. The highest BCUT2D eigenvalue weighted by Gasteiger charge is 2.27. The van der Waals surface area contributed by atoms with Crippen LogP contribution >= 0.6 is 0 Å². The van der Waals surface area contributed by atoms with Gasteiger partial charge in [0, 0.05) is 231 Å². The zero-order valence-corrected chi connectivity index (χ0v) is 78.8. The number of hydrogen-bond acceptors (Lipinski definition) is 17. The summed E-state index contributed by atoms with van der Waals surface area (Å²) in [6.07, 6.45) is 27.7. The first kappa shape index (κ1) is 94.3. The van der Waals surface area contributed by atoms with E-state index in [-0.39, 0.29) is 45.9 Å². The minimum atomic E-state index is -0.156. The molecule has 0 radical (unpaired) electrons. The Bertz CT molecular complexity index is 7890. The van der Waals surface area contributed by atoms with Gasteiger partial charge in [-0.15, -0.1) is 0 Å². The molecule has 21 rings (SSSR count). The van der Waals surface area contributed by atoms with Gasteiger partial charge < -0.3 is 66.1 Å². The number of anilines is 9. The van der Waals surface area contributed by atoms with Gasteiger partial charge in [0.15, 0.2) is 22.6 Å². The van der Waals surface area contributed by atoms with Gasteiger partial charge >= 0.3 is 0 Å². The minimum Gasteiger partial charge on any atom is -0.375 e. The topological polar surface area (TPSA) is 342 Å². The lowest BCUT2D eigenvalue weighted by Crippen LogP contribution is -2.38. The second-order valence-corrected chi connectivity index (χ2v) is 34.9. The molecule has 0 atom stereocenters. The van der Waals surface area contributed by atoms with Crippen molar-refractivity contribution in [2.45, 2.75) is 65.3 Å². The van der Waals surface area contributed by atoms with Gasteiger partial charge in [0.05, 0.1) is 45.5 Å². The number of H-pyrrole nitrogens is 4. The summed E-state index contributed by atoms with van der Waals surface area (Å²) in [4.78, 5) is 135. The van der Waals surface area contributed by atoms with Crippen LogP contribution in [0, 0.1) is 5.92 Å². The number of amides is 4. The van der Waals surface area contributed by atoms with E-state index in [4.69, 9.17) is 0 Å². The van der Waals surface area contributed by atoms with Crippen LogP contribution in [0.4, 0.5) is 51.2 Å². The molecule has 0 unspecified atom stereocenters. The van der Waals surface area contributed by atoms with Gasteiger partial charge in [0.25, 0.3) is 23.6 Å². The second-order valence-electron chi connectivity index (χ2n) is 34.9. The predicted octanol–water partition coefficient (Wildman–Crippen LogP) is 19.5. The van der Waals surface area contributed by atoms with Crippen LogP contribution in [0.1, 0.15) is 104 Å². The number of aromatic nitrogens is 12. The fourth-order valence-electron chi connectivity index (χ4n) is 18.0. The van der Waals surface area contributed by atoms with Crippen molar-refractivity contribution in [3.63, 3.8) is 0 Å². The number of imidazole rings is 4. The number of carbonyl (C=O) groups excluding carboxylic acids is 4. The maximum Gasteiger partial charge on any atom is 0.254 e. The van der Waals surface area contributed by atoms with E-state index in [0.717, 1.165) is 203 Å². The van der Waals surface area contributed by atoms with E-state index in [1.54, 1.807) is 86.0 Å². The molecule has 9 N–H and O–H groups in total. The lowest BCUT2D eigenvalue weighted by atomic mass is 9.90. The fraction of sp³-hybridized carbons (Fsp3) is 0.168. The first-order valence-corrected chi connectivity index (χ1v) is 47.6. The first-order chi connectivity index (χ1) is 69.5. The Balaban J connectivity index is 0.000000125. The number of para-hydroxylation sites is 1. The molecule has 14 heterocycles. The van der Waals surface area contributed by atoms with Crippen molar-refractivity contribution >= 4 is 97.4 Å². The van der Waals surface area contributed by atoms with Gasteiger partial charge in [0.1, 0.15) is 0 Å². The molecule has 0 bridgehead atoms. The molecule has 2 aliphatic rings. The van der Waals surface area contributed by atoms with Crippen molar-refractivity contribution < 1.29 is 19.2 Å². The van der Waals surface area contributed by atoms with Gasteiger partial charge in [0.2, 0.25) is 22.2 Å². The number of pyridine rings is 8. The summed E-state index contributed by atoms with van der Waals surface area (Å²) in [5.74, 6) is 0.739. The number of nitrogens with one attached hydrogen (secondary N) is 9. The maximum absolute atomic E-state index is 13.1. The van der Waals surface area contributed by atoms with E-state index < -0.39 is 0 Å². The lowest BCUT2D eigenvalue weighted by Gasteiger charge is -2.32. The standard InChI is InChI=1S/C31H29N5O2.C29H28N6O2.C28H23N5O2.C25H27N5O2/c37-29-21-25(12-15-32-29)28-11-10-27(30-33-16-19-36(28)30)34-26-8-6-24(7-9-26)31(38)35-17-13-23(14-18-35)20-22-4-2-1-3-5-22;1-34(24-6-3-2-4-7-24)18-5-15-32-29(37)21-8-10-23(11-9-21)33-25-12-13-26(35-19-17-31-28(25)35)22-14-16-30-27(36)20-22;34-26-17-21(11-13-29-26)25-10-9-24(27-30-14-16-33(25)27)31-23-7-5-20(6-8-23)28(35)32-15-12-19-3-1-2-4-22(19)18-32;1-3-14-29(15-4-2)25(32)18-5-7-20(8-6-18)28-21-9-10-22(30-16-13-27-24(21)30)19-11-12-26-23(31)17-19/h1-12,15-16,19,21,23,34H,13-14,17-18,20H2,(H,32,37);2-4,6-14,16-17,19-20,33H,5,15,18H2,1H3,(H,30,36)(H,32,37);1-11,13-14,16-17,31H,12,15,18H2,(H,29,34);5-13,16-17,28H,3-4,14-15H2,1-2H3,(H,26,31). The fourth-order valence-corrected chi connectivity index (χ4v) is 18.0. The molecule has 1 fully saturated rings. The first-order valence-electron chi connectivity index (χ1n) is 47.6. The zero-order chi connectivity index (χ0) is 97.8. The zero-order valence-electron chi connectivity index (χ0n) is 78.8. The Morgan fingerprint density at radius 1 is 0.380 bits per heavy atom. The van der Waals surface area contributed by atoms with Gasteiger partial charge in [-0.2, -0.15) is 0 Å². The second kappa shape index (κ2) is 44.4. The highest BCUT2D eigenvalue weighted by molar-refractivity contribution is 5.97. The third kappa shape index (κ3) is 22.6. The molecular formula is C113H107N21O8. The van der Waals surface area contributed by atoms with E-state index >= 15 is 0 Å². The Labute approximate surface area is 818 Å². The SMILES string of the molecule is CCCN(CCC)C(=O)c1ccc(Nc2ccc(-c3cc[nH]c(=O)c3)n3ccnc23)cc1.CN(CCCNC(=O)c1ccc(Nc2ccc(-c3cc[nH]c(=O)c3)n3ccnc23)cc1)c1ccccc1.O=C(c1ccc(Nc2ccc(-c3cc[nH]c(=O)c3)n3ccnc23)cc1)N1CCC(Cc2ccccc2)CC1.O=C(c1ccc(Nc2ccc(-c3cc[nH]c(=O)c3)n3ccnc23)cc1)N1CCc2ccccc2C1. The van der Waals surface area contributed by atoms with Crippen LogP contribution < -0.4 is 53.7 Å². The van der Waals surface area contributed by atoms with Crippen LogP contribution in [0.15, 0.2) is 373 Å². The summed E-state index contributed by atoms with van der Waals surface area (Å²) in [5, 5.41) is 16.6. The molecule has 2 aliphatic heterocycles. The number of fused-ring (bicyclic) bond motifs is 5. The average molecular weight is 1890 g/mol. The Hall–Kier alpha value is -18.0. The highest BCUT2D eigenvalue weighted by Crippen LogP contribution is 2.35. The molecule has 0 saturated carbocycles. The average Bonchev–Trinajstić information content (AvgIpc) is 1.62. The summed E-state index contributed by atoms with van der Waals surface area (Å²) >= 11 is 0. The van der Waals surface area contributed by atoms with Crippen LogP contribution in [0.3, 0.4) is 0 Å². The van der Waals surface area contributed by atoms with Crippen molar-refractivity contribution in [2.24, 2.45) is 5.92 Å². The predicted molar refractivity (Wildman–Crippen MR) is 561 cm³/mol. The van der Waals surface area contributed by atoms with Gasteiger partial charge in [-0.25, -0.2) is 19.9 Å². The van der Waals surface area contributed by atoms with Crippen molar-refractivity contribution in [1.29, 1.82) is 0 Å². The molecule has 7 aromatic carbocycles. The minimum absolute atomic E-state index is 0.0453. The molecule has 4 amide bonds. The summed E-state index contributed by atoms with van der Waals surface area (Å²) in [6, 6.07) is 88.5. The van der Waals surface area contributed by atoms with Gasteiger partial charge in [-0.05, 0) is 250 Å². The van der Waals surface area contributed by atoms with Crippen molar-refractivity contribution in [2.75, 3.05) is 79.0 Å². The normalized spacial score (nSPS) is 12.2. The summed E-state index contributed by atoms with van der Waals surface area (Å²) in [6.45, 7) is 10.1. The molecule has 0 spiro atoms. The number of carbonyl (C=O) groups is 4. The molecule has 12 aromatic heterocycles. The van der Waals surface area contributed by atoms with Crippen LogP contribution in [0.2, 0.25) is 0 Å². The quantitative estimate of drug-likeness (QED) is 0.0216. The smallest absolute Gasteiger partial charge is 0.254 e. The van der Waals surface area contributed by atoms with E-state index in [1.807, 2.05) is 239 Å². The van der Waals surface area contributed by atoms with Crippen LogP contribution in [0.5, 0.6) is 0 Å². The van der Waals surface area contributed by atoms with Crippen LogP contribution in [0.25, 0.3) is 67.6 Å². The Morgan fingerprint density at radius 3 is 1.13 bits per heavy atom. The summed E-state index contributed by atoms with van der Waals surface area (Å²) in [7, 11) is 2.05. The number of nitrogens with zero attached hydrogens (tertiary/aromatic N) is 12. The van der Waals surface area contributed by atoms with Crippen molar-refractivity contribution in [1.82, 2.24) is 77.5 Å². The molecule has 1 saturated heterocycles. The number of benzene rings is 7. The van der Waals surface area contributed by atoms with Crippen molar-refractivity contribution in [3.05, 3.63) is 434 Å². The monoisotopic (exact) mass is 1890 g/mol. The number of hydrogen-bond donors (Lipinski definition) is 9. The molecular weight excluding hydrogens is 1780 g/mol. The number of piperidine rings is 1. The third-order valence-electron chi connectivity index (χ3n) is 25.3.